The van der Waals surface area contributed by atoms with Crippen LogP contribution in [0.3, 0.4) is 0 Å². The Bertz CT molecular complexity index is 1370. The first kappa shape index (κ1) is 24.6. The SMILES string of the molecule is COCc1c(Br)c(C)n(CC(=O)N/N=C/c2ccc(-c3ccc([N+](=O)[O-])cc3)o2)c(=O)c1C#N. The van der Waals surface area contributed by atoms with Crippen molar-refractivity contribution in [2.75, 3.05) is 7.11 Å². The summed E-state index contributed by atoms with van der Waals surface area (Å²) in [6.45, 7) is 1.36. The van der Waals surface area contributed by atoms with E-state index >= 15 is 0 Å². The van der Waals surface area contributed by atoms with Gasteiger partial charge in [-0.15, -0.1) is 0 Å². The van der Waals surface area contributed by atoms with Gasteiger partial charge in [-0.25, -0.2) is 5.43 Å². The maximum absolute atomic E-state index is 12.7. The number of halogens is 1. The molecule has 1 amide bonds. The van der Waals surface area contributed by atoms with E-state index in [1.165, 1.54) is 30.0 Å². The van der Waals surface area contributed by atoms with E-state index in [0.717, 1.165) is 0 Å². The summed E-state index contributed by atoms with van der Waals surface area (Å²) < 4.78 is 12.4. The number of nitrogens with zero attached hydrogens (tertiary/aromatic N) is 4. The average Bonchev–Trinajstić information content (AvgIpc) is 3.29. The van der Waals surface area contributed by atoms with Gasteiger partial charge in [0.25, 0.3) is 17.2 Å². The van der Waals surface area contributed by atoms with Crippen molar-refractivity contribution in [2.24, 2.45) is 5.10 Å². The number of rotatable bonds is 8. The Morgan fingerprint density at radius 1 is 1.35 bits per heavy atom. The van der Waals surface area contributed by atoms with Gasteiger partial charge in [0.05, 0.1) is 17.7 Å². The summed E-state index contributed by atoms with van der Waals surface area (Å²) in [5.41, 5.74) is 3.10. The van der Waals surface area contributed by atoms with Crippen molar-refractivity contribution in [1.82, 2.24) is 9.99 Å². The molecule has 0 radical (unpaired) electrons. The second kappa shape index (κ2) is 10.7. The summed E-state index contributed by atoms with van der Waals surface area (Å²) in [5.74, 6) is 0.217. The molecule has 0 unspecified atom stereocenters. The Morgan fingerprint density at radius 3 is 2.68 bits per heavy atom. The third kappa shape index (κ3) is 5.28. The number of amides is 1. The first-order valence-electron chi connectivity index (χ1n) is 9.74. The van der Waals surface area contributed by atoms with Crippen molar-refractivity contribution < 1.29 is 18.9 Å². The number of nitriles is 1. The summed E-state index contributed by atoms with van der Waals surface area (Å²) in [6, 6.07) is 11.0. The number of nitro groups is 1. The van der Waals surface area contributed by atoms with Crippen LogP contribution in [0.15, 0.2) is 55.2 Å². The molecule has 0 aliphatic heterocycles. The Kier molecular flexibility index (Phi) is 7.72. The summed E-state index contributed by atoms with van der Waals surface area (Å²) in [5, 5.41) is 24.0. The minimum Gasteiger partial charge on any atom is -0.455 e. The first-order chi connectivity index (χ1) is 16.3. The van der Waals surface area contributed by atoms with Gasteiger partial charge in [-0.05, 0) is 47.1 Å². The quantitative estimate of drug-likeness (QED) is 0.268. The normalized spacial score (nSPS) is 10.9. The molecule has 0 aliphatic rings. The van der Waals surface area contributed by atoms with Gasteiger partial charge in [0.1, 0.15) is 29.7 Å². The highest BCUT2D eigenvalue weighted by Gasteiger charge is 2.19. The van der Waals surface area contributed by atoms with Gasteiger partial charge in [0.2, 0.25) is 0 Å². The molecule has 11 nitrogen and oxygen atoms in total. The highest BCUT2D eigenvalue weighted by molar-refractivity contribution is 9.10. The van der Waals surface area contributed by atoms with Crippen LogP contribution in [0.1, 0.15) is 22.6 Å². The Balaban J connectivity index is 1.70. The molecule has 1 N–H and O–H groups in total. The number of nitrogens with one attached hydrogen (secondary N) is 1. The molecule has 0 aliphatic carbocycles. The van der Waals surface area contributed by atoms with Gasteiger partial charge in [-0.3, -0.25) is 19.7 Å². The molecule has 0 spiro atoms. The number of furan rings is 1. The highest BCUT2D eigenvalue weighted by Crippen LogP contribution is 2.24. The third-order valence-corrected chi connectivity index (χ3v) is 5.87. The summed E-state index contributed by atoms with van der Waals surface area (Å²) in [7, 11) is 1.45. The lowest BCUT2D eigenvalue weighted by Gasteiger charge is -2.15. The van der Waals surface area contributed by atoms with Gasteiger partial charge in [0.15, 0.2) is 0 Å². The van der Waals surface area contributed by atoms with E-state index in [9.17, 15) is 25.0 Å². The Labute approximate surface area is 201 Å². The smallest absolute Gasteiger partial charge is 0.269 e. The molecule has 0 atom stereocenters. The summed E-state index contributed by atoms with van der Waals surface area (Å²) in [6.07, 6.45) is 1.28. The number of carbonyl (C=O) groups excluding carboxylic acids is 1. The lowest BCUT2D eigenvalue weighted by molar-refractivity contribution is -0.384. The van der Waals surface area contributed by atoms with Crippen molar-refractivity contribution in [3.8, 4) is 17.4 Å². The molecule has 34 heavy (non-hydrogen) atoms. The zero-order chi connectivity index (χ0) is 24.8. The average molecular weight is 528 g/mol. The third-order valence-electron chi connectivity index (χ3n) is 4.82. The fourth-order valence-corrected chi connectivity index (χ4v) is 3.65. The van der Waals surface area contributed by atoms with Crippen LogP contribution in [0, 0.1) is 28.4 Å². The number of hydrazone groups is 1. The van der Waals surface area contributed by atoms with E-state index in [1.807, 2.05) is 6.07 Å². The molecule has 3 rings (SSSR count). The summed E-state index contributed by atoms with van der Waals surface area (Å²) >= 11 is 3.37. The Hall–Kier alpha value is -4.08. The van der Waals surface area contributed by atoms with Crippen LogP contribution in [0.5, 0.6) is 0 Å². The van der Waals surface area contributed by atoms with E-state index in [-0.39, 0.29) is 24.4 Å². The molecule has 1 aromatic carbocycles. The largest absolute Gasteiger partial charge is 0.455 e. The number of ether oxygens (including phenoxy) is 1. The second-order valence-corrected chi connectivity index (χ2v) is 7.78. The van der Waals surface area contributed by atoms with Gasteiger partial charge >= 0.3 is 0 Å². The van der Waals surface area contributed by atoms with E-state index in [0.29, 0.717) is 32.8 Å². The number of pyridine rings is 1. The van der Waals surface area contributed by atoms with E-state index in [1.54, 1.807) is 31.2 Å². The van der Waals surface area contributed by atoms with Crippen LogP contribution in [0.2, 0.25) is 0 Å². The van der Waals surface area contributed by atoms with Crippen LogP contribution >= 0.6 is 15.9 Å². The molecular formula is C22H18BrN5O6. The second-order valence-electron chi connectivity index (χ2n) is 6.99. The maximum atomic E-state index is 12.7. The molecule has 12 heteroatoms. The first-order valence-corrected chi connectivity index (χ1v) is 10.5. The van der Waals surface area contributed by atoms with E-state index in [4.69, 9.17) is 9.15 Å². The Morgan fingerprint density at radius 2 is 2.06 bits per heavy atom. The van der Waals surface area contributed by atoms with Crippen LogP contribution in [-0.4, -0.2) is 28.7 Å². The molecular weight excluding hydrogens is 510 g/mol. The molecule has 2 aromatic heterocycles. The number of carbonyl (C=O) groups is 1. The van der Waals surface area contributed by atoms with Crippen molar-refractivity contribution in [1.29, 1.82) is 5.26 Å². The maximum Gasteiger partial charge on any atom is 0.269 e. The predicted molar refractivity (Wildman–Crippen MR) is 125 cm³/mol. The molecule has 3 aromatic rings. The van der Waals surface area contributed by atoms with Crippen LogP contribution in [0.25, 0.3) is 11.3 Å². The minimum absolute atomic E-state index is 0.0311. The van der Waals surface area contributed by atoms with Crippen LogP contribution in [0.4, 0.5) is 5.69 Å². The number of hydrogen-bond donors (Lipinski definition) is 1. The zero-order valence-corrected chi connectivity index (χ0v) is 19.7. The molecule has 174 valence electrons. The van der Waals surface area contributed by atoms with Crippen LogP contribution in [-0.2, 0) is 22.7 Å². The fraction of sp³-hybridized carbons (Fsp3) is 0.182. The van der Waals surface area contributed by atoms with Crippen LogP contribution < -0.4 is 11.0 Å². The minimum atomic E-state index is -0.604. The van der Waals surface area contributed by atoms with Gasteiger partial charge in [-0.2, -0.15) is 10.4 Å². The monoisotopic (exact) mass is 527 g/mol. The van der Waals surface area contributed by atoms with Gasteiger partial charge in [-0.1, -0.05) is 0 Å². The molecule has 2 heterocycles. The van der Waals surface area contributed by atoms with Crippen molar-refractivity contribution in [3.63, 3.8) is 0 Å². The van der Waals surface area contributed by atoms with Crippen molar-refractivity contribution in [2.45, 2.75) is 20.1 Å². The highest BCUT2D eigenvalue weighted by atomic mass is 79.9. The standard InChI is InChI=1S/C22H18BrN5O6/c1-13-21(23)18(12-33-2)17(9-24)22(30)27(13)11-20(29)26-25-10-16-7-8-19(34-16)14-3-5-15(6-4-14)28(31)32/h3-8,10H,11-12H2,1-2H3,(H,26,29)/b25-10+. The number of benzene rings is 1. The topological polar surface area (TPSA) is 153 Å². The van der Waals surface area contributed by atoms with E-state index in [2.05, 4.69) is 26.5 Å². The van der Waals surface area contributed by atoms with Gasteiger partial charge in [0, 0.05) is 40.5 Å². The molecule has 0 bridgehead atoms. The molecule has 0 saturated carbocycles. The summed E-state index contributed by atoms with van der Waals surface area (Å²) in [4.78, 5) is 35.3. The number of methoxy groups -OCH3 is 1. The fourth-order valence-electron chi connectivity index (χ4n) is 3.12. The molecule has 0 saturated heterocycles. The molecule has 0 fully saturated rings. The number of aromatic nitrogens is 1. The number of hydrogen-bond acceptors (Lipinski definition) is 8. The number of non-ortho nitro benzene ring substituents is 1. The lowest BCUT2D eigenvalue weighted by Crippen LogP contribution is -2.33. The number of nitro benzene ring substituents is 1. The predicted octanol–water partition coefficient (Wildman–Crippen LogP) is 3.26. The zero-order valence-electron chi connectivity index (χ0n) is 18.1. The van der Waals surface area contributed by atoms with Crippen molar-refractivity contribution in [3.05, 3.63) is 83.9 Å². The lowest BCUT2D eigenvalue weighted by atomic mass is 10.1. The van der Waals surface area contributed by atoms with Gasteiger partial charge < -0.3 is 13.7 Å². The van der Waals surface area contributed by atoms with E-state index < -0.39 is 16.4 Å². The van der Waals surface area contributed by atoms with Crippen molar-refractivity contribution >= 4 is 33.7 Å².